The summed E-state index contributed by atoms with van der Waals surface area (Å²) in [7, 11) is 0. The van der Waals surface area contributed by atoms with Crippen LogP contribution in [0.15, 0.2) is 47.4 Å². The number of hydrogen-bond donors (Lipinski definition) is 2. The Balaban J connectivity index is 1.65. The van der Waals surface area contributed by atoms with Gasteiger partial charge in [-0.1, -0.05) is 30.7 Å². The zero-order valence-corrected chi connectivity index (χ0v) is 20.5. The van der Waals surface area contributed by atoms with Crippen LogP contribution in [-0.4, -0.2) is 47.0 Å². The highest BCUT2D eigenvalue weighted by atomic mass is 35.5. The highest BCUT2D eigenvalue weighted by molar-refractivity contribution is 8.18. The lowest BCUT2D eigenvalue weighted by molar-refractivity contribution is -0.127. The number of rotatable bonds is 8. The first-order valence-electron chi connectivity index (χ1n) is 10.6. The van der Waals surface area contributed by atoms with Crippen molar-refractivity contribution in [1.82, 2.24) is 4.90 Å². The quantitative estimate of drug-likeness (QED) is 0.391. The van der Waals surface area contributed by atoms with E-state index in [1.807, 2.05) is 6.92 Å². The van der Waals surface area contributed by atoms with Crippen molar-refractivity contribution >= 4 is 69.7 Å². The summed E-state index contributed by atoms with van der Waals surface area (Å²) in [6.07, 6.45) is 2.18. The predicted molar refractivity (Wildman–Crippen MR) is 134 cm³/mol. The minimum atomic E-state index is -0.622. The highest BCUT2D eigenvalue weighted by Gasteiger charge is 2.36. The fourth-order valence-electron chi connectivity index (χ4n) is 3.03. The van der Waals surface area contributed by atoms with Gasteiger partial charge in [0.1, 0.15) is 6.54 Å². The average Bonchev–Trinajstić information content (AvgIpc) is 3.06. The summed E-state index contributed by atoms with van der Waals surface area (Å²) in [5.74, 6) is -2.04. The Kier molecular flexibility index (Phi) is 8.67. The number of anilines is 2. The van der Waals surface area contributed by atoms with Crippen LogP contribution in [-0.2, 0) is 19.1 Å². The van der Waals surface area contributed by atoms with Crippen LogP contribution in [0.5, 0.6) is 0 Å². The number of benzene rings is 2. The van der Waals surface area contributed by atoms with E-state index in [4.69, 9.17) is 16.3 Å². The number of carbonyl (C=O) groups is 5. The molecule has 0 unspecified atom stereocenters. The molecule has 1 saturated heterocycles. The summed E-state index contributed by atoms with van der Waals surface area (Å²) in [4.78, 5) is 61.8. The van der Waals surface area contributed by atoms with Gasteiger partial charge in [0, 0.05) is 18.3 Å². The van der Waals surface area contributed by atoms with E-state index < -0.39 is 29.6 Å². The number of halogens is 1. The molecule has 4 amide bonds. The number of amides is 4. The zero-order chi connectivity index (χ0) is 25.5. The van der Waals surface area contributed by atoms with E-state index in [1.54, 1.807) is 24.3 Å². The second kappa shape index (κ2) is 11.7. The van der Waals surface area contributed by atoms with Crippen molar-refractivity contribution in [2.45, 2.75) is 20.3 Å². The van der Waals surface area contributed by atoms with Gasteiger partial charge >= 0.3 is 5.97 Å². The van der Waals surface area contributed by atoms with Crippen LogP contribution in [0.2, 0.25) is 5.02 Å². The van der Waals surface area contributed by atoms with Crippen molar-refractivity contribution < 1.29 is 28.7 Å². The standard InChI is InChI=1S/C24H22ClN3O6S/c1-3-10-34-23(32)18-12-17(8-9-19(18)25)27-21(30)13-28-22(31)20(35-24(28)33)11-15-4-6-16(7-5-15)26-14(2)29/h4-9,11-12H,3,10,13H2,1-2H3,(H,26,29)(H,27,30)/b20-11-. The molecule has 0 atom stereocenters. The Morgan fingerprint density at radius 2 is 1.74 bits per heavy atom. The maximum Gasteiger partial charge on any atom is 0.339 e. The van der Waals surface area contributed by atoms with Gasteiger partial charge in [-0.15, -0.1) is 0 Å². The van der Waals surface area contributed by atoms with Crippen molar-refractivity contribution in [2.75, 3.05) is 23.8 Å². The van der Waals surface area contributed by atoms with Crippen LogP contribution < -0.4 is 10.6 Å². The third-order valence-corrected chi connectivity index (χ3v) is 5.85. The lowest BCUT2D eigenvalue weighted by atomic mass is 10.2. The largest absolute Gasteiger partial charge is 0.462 e. The van der Waals surface area contributed by atoms with Gasteiger partial charge in [-0.25, -0.2) is 4.79 Å². The van der Waals surface area contributed by atoms with E-state index in [9.17, 15) is 24.0 Å². The maximum absolute atomic E-state index is 12.7. The molecule has 2 aromatic carbocycles. The van der Waals surface area contributed by atoms with E-state index >= 15 is 0 Å². The number of nitrogens with one attached hydrogen (secondary N) is 2. The molecule has 0 radical (unpaired) electrons. The normalized spacial score (nSPS) is 14.3. The van der Waals surface area contributed by atoms with Crippen molar-refractivity contribution in [3.8, 4) is 0 Å². The minimum absolute atomic E-state index is 0.0940. The average molecular weight is 516 g/mol. The first-order chi connectivity index (χ1) is 16.7. The number of carbonyl (C=O) groups excluding carboxylic acids is 5. The molecule has 35 heavy (non-hydrogen) atoms. The number of ether oxygens (including phenoxy) is 1. The Labute approximate surface area is 210 Å². The molecule has 182 valence electrons. The number of imide groups is 1. The number of esters is 1. The van der Waals surface area contributed by atoms with Gasteiger partial charge in [-0.3, -0.25) is 24.1 Å². The molecule has 1 aliphatic rings. The summed E-state index contributed by atoms with van der Waals surface area (Å²) in [5, 5.41) is 4.79. The summed E-state index contributed by atoms with van der Waals surface area (Å²) >= 11 is 6.78. The molecule has 0 bridgehead atoms. The molecular formula is C24H22ClN3O6S. The van der Waals surface area contributed by atoms with Crippen molar-refractivity contribution in [3.63, 3.8) is 0 Å². The second-order valence-electron chi connectivity index (χ2n) is 7.45. The molecule has 0 aliphatic carbocycles. The molecule has 0 spiro atoms. The van der Waals surface area contributed by atoms with Crippen molar-refractivity contribution in [2.24, 2.45) is 0 Å². The molecule has 1 fully saturated rings. The number of nitrogens with zero attached hydrogens (tertiary/aromatic N) is 1. The van der Waals surface area contributed by atoms with E-state index in [2.05, 4.69) is 10.6 Å². The van der Waals surface area contributed by atoms with Crippen molar-refractivity contribution in [3.05, 3.63) is 63.5 Å². The summed E-state index contributed by atoms with van der Waals surface area (Å²) in [6, 6.07) is 11.0. The molecule has 2 aromatic rings. The van der Waals surface area contributed by atoms with Crippen LogP contribution in [0.1, 0.15) is 36.2 Å². The third-order valence-electron chi connectivity index (χ3n) is 4.61. The first-order valence-corrected chi connectivity index (χ1v) is 11.8. The van der Waals surface area contributed by atoms with Gasteiger partial charge in [0.2, 0.25) is 11.8 Å². The minimum Gasteiger partial charge on any atom is -0.462 e. The van der Waals surface area contributed by atoms with Crippen LogP contribution in [0, 0.1) is 0 Å². The van der Waals surface area contributed by atoms with Gasteiger partial charge in [0.15, 0.2) is 0 Å². The van der Waals surface area contributed by atoms with E-state index in [0.717, 1.165) is 16.7 Å². The molecule has 1 aliphatic heterocycles. The second-order valence-corrected chi connectivity index (χ2v) is 8.85. The number of hydrogen-bond acceptors (Lipinski definition) is 7. The van der Waals surface area contributed by atoms with Gasteiger partial charge in [-0.05, 0) is 60.2 Å². The Hall–Kier alpha value is -3.63. The Morgan fingerprint density at radius 1 is 1.06 bits per heavy atom. The van der Waals surface area contributed by atoms with Gasteiger partial charge in [0.25, 0.3) is 11.1 Å². The lowest BCUT2D eigenvalue weighted by Gasteiger charge is -2.13. The molecule has 1 heterocycles. The summed E-state index contributed by atoms with van der Waals surface area (Å²) in [5.41, 5.74) is 1.61. The SMILES string of the molecule is CCCOC(=O)c1cc(NC(=O)CN2C(=O)S/C(=C\c3ccc(NC(C)=O)cc3)C2=O)ccc1Cl. The van der Waals surface area contributed by atoms with Crippen LogP contribution in [0.4, 0.5) is 16.2 Å². The Bertz CT molecular complexity index is 1210. The topological polar surface area (TPSA) is 122 Å². The molecule has 3 rings (SSSR count). The van der Waals surface area contributed by atoms with Crippen LogP contribution >= 0.6 is 23.4 Å². The monoisotopic (exact) mass is 515 g/mol. The first kappa shape index (κ1) is 26.0. The van der Waals surface area contributed by atoms with Crippen molar-refractivity contribution in [1.29, 1.82) is 0 Å². The summed E-state index contributed by atoms with van der Waals surface area (Å²) in [6.45, 7) is 2.99. The third kappa shape index (κ3) is 6.93. The Morgan fingerprint density at radius 3 is 2.40 bits per heavy atom. The van der Waals surface area contributed by atoms with Crippen LogP contribution in [0.25, 0.3) is 6.08 Å². The predicted octanol–water partition coefficient (Wildman–Crippen LogP) is 4.54. The smallest absolute Gasteiger partial charge is 0.339 e. The zero-order valence-electron chi connectivity index (χ0n) is 18.9. The molecule has 11 heteroatoms. The van der Waals surface area contributed by atoms with Crippen LogP contribution in [0.3, 0.4) is 0 Å². The van der Waals surface area contributed by atoms with E-state index in [1.165, 1.54) is 31.2 Å². The highest BCUT2D eigenvalue weighted by Crippen LogP contribution is 2.32. The maximum atomic E-state index is 12.7. The summed E-state index contributed by atoms with van der Waals surface area (Å²) < 4.78 is 5.08. The molecule has 2 N–H and O–H groups in total. The molecule has 0 saturated carbocycles. The molecular weight excluding hydrogens is 494 g/mol. The van der Waals surface area contributed by atoms with Gasteiger partial charge in [0.05, 0.1) is 22.1 Å². The van der Waals surface area contributed by atoms with Gasteiger partial charge < -0.3 is 15.4 Å². The fraction of sp³-hybridized carbons (Fsp3) is 0.208. The molecule has 9 nitrogen and oxygen atoms in total. The lowest BCUT2D eigenvalue weighted by Crippen LogP contribution is -2.36. The number of thioether (sulfide) groups is 1. The van der Waals surface area contributed by atoms with Gasteiger partial charge in [-0.2, -0.15) is 0 Å². The molecule has 0 aromatic heterocycles. The van der Waals surface area contributed by atoms with E-state index in [0.29, 0.717) is 17.7 Å². The fourth-order valence-corrected chi connectivity index (χ4v) is 4.06. The van der Waals surface area contributed by atoms with E-state index in [-0.39, 0.29) is 33.7 Å².